The van der Waals surface area contributed by atoms with Gasteiger partial charge in [-0.15, -0.1) is 0 Å². The van der Waals surface area contributed by atoms with Crippen LogP contribution in [0.25, 0.3) is 0 Å². The molecule has 3 N–H and O–H groups in total. The highest BCUT2D eigenvalue weighted by atomic mass is 35.5. The smallest absolute Gasteiger partial charge is 0.0426 e. The lowest BCUT2D eigenvalue weighted by Crippen LogP contribution is -2.05. The summed E-state index contributed by atoms with van der Waals surface area (Å²) in [4.78, 5) is 0. The maximum Gasteiger partial charge on any atom is 0.0426 e. The minimum Gasteiger partial charge on any atom is -0.385 e. The van der Waals surface area contributed by atoms with Gasteiger partial charge in [-0.25, -0.2) is 0 Å². The van der Waals surface area contributed by atoms with Crippen LogP contribution >= 0.6 is 11.6 Å². The third-order valence-corrected chi connectivity index (χ3v) is 2.02. The fraction of sp³-hybridized carbons (Fsp3) is 0.400. The molecule has 2 nitrogen and oxygen atoms in total. The quantitative estimate of drug-likeness (QED) is 0.714. The topological polar surface area (TPSA) is 38.0 Å². The third kappa shape index (κ3) is 4.15. The first kappa shape index (κ1) is 10.4. The van der Waals surface area contributed by atoms with Crippen molar-refractivity contribution in [2.45, 2.75) is 12.8 Å². The summed E-state index contributed by atoms with van der Waals surface area (Å²) in [6.45, 7) is 1.72. The molecule has 0 unspecified atom stereocenters. The fourth-order valence-electron chi connectivity index (χ4n) is 1.10. The zero-order chi connectivity index (χ0) is 9.52. The van der Waals surface area contributed by atoms with Gasteiger partial charge in [-0.1, -0.05) is 17.7 Å². The maximum atomic E-state index is 5.82. The van der Waals surface area contributed by atoms with Gasteiger partial charge in [0.25, 0.3) is 0 Å². The minimum atomic E-state index is 0.761. The molecule has 0 bridgehead atoms. The van der Waals surface area contributed by atoms with Gasteiger partial charge in [-0.3, -0.25) is 0 Å². The number of rotatable bonds is 5. The number of halogens is 1. The van der Waals surface area contributed by atoms with Crippen LogP contribution in [0, 0.1) is 0 Å². The van der Waals surface area contributed by atoms with Gasteiger partial charge in [0.05, 0.1) is 0 Å². The highest BCUT2D eigenvalue weighted by molar-refractivity contribution is 6.30. The molecule has 0 aliphatic rings. The minimum absolute atomic E-state index is 0.761. The average Bonchev–Trinajstić information content (AvgIpc) is 2.13. The van der Waals surface area contributed by atoms with Crippen LogP contribution in [0.5, 0.6) is 0 Å². The normalized spacial score (nSPS) is 10.0. The molecule has 0 spiro atoms. The van der Waals surface area contributed by atoms with Gasteiger partial charge in [0.1, 0.15) is 0 Å². The van der Waals surface area contributed by atoms with Crippen molar-refractivity contribution in [2.75, 3.05) is 18.4 Å². The van der Waals surface area contributed by atoms with Crippen molar-refractivity contribution >= 4 is 17.3 Å². The Labute approximate surface area is 84.1 Å². The molecule has 0 saturated heterocycles. The molecule has 1 aromatic carbocycles. The molecular weight excluding hydrogens is 184 g/mol. The van der Waals surface area contributed by atoms with Crippen LogP contribution in [-0.2, 0) is 0 Å². The largest absolute Gasteiger partial charge is 0.385 e. The Morgan fingerprint density at radius 3 is 2.85 bits per heavy atom. The van der Waals surface area contributed by atoms with Crippen LogP contribution in [0.3, 0.4) is 0 Å². The van der Waals surface area contributed by atoms with Gasteiger partial charge < -0.3 is 11.1 Å². The maximum absolute atomic E-state index is 5.82. The molecule has 1 aromatic rings. The molecule has 72 valence electrons. The fourth-order valence-corrected chi connectivity index (χ4v) is 1.29. The standard InChI is InChI=1S/C10H15ClN2/c11-9-4-3-5-10(8-9)13-7-2-1-6-12/h3-5,8,13H,1-2,6-7,12H2. The van der Waals surface area contributed by atoms with E-state index in [1.54, 1.807) is 0 Å². The van der Waals surface area contributed by atoms with E-state index in [-0.39, 0.29) is 0 Å². The average molecular weight is 199 g/mol. The molecule has 0 radical (unpaired) electrons. The van der Waals surface area contributed by atoms with Crippen molar-refractivity contribution in [3.05, 3.63) is 29.3 Å². The molecule has 0 heterocycles. The Balaban J connectivity index is 2.28. The van der Waals surface area contributed by atoms with E-state index >= 15 is 0 Å². The molecule has 3 heteroatoms. The van der Waals surface area contributed by atoms with Crippen LogP contribution in [-0.4, -0.2) is 13.1 Å². The Bertz CT molecular complexity index is 250. The summed E-state index contributed by atoms with van der Waals surface area (Å²) in [6.07, 6.45) is 2.16. The van der Waals surface area contributed by atoms with Gasteiger partial charge in [-0.05, 0) is 37.6 Å². The number of anilines is 1. The monoisotopic (exact) mass is 198 g/mol. The predicted molar refractivity (Wildman–Crippen MR) is 58.2 cm³/mol. The summed E-state index contributed by atoms with van der Waals surface area (Å²) < 4.78 is 0. The van der Waals surface area contributed by atoms with E-state index in [2.05, 4.69) is 5.32 Å². The molecule has 0 aliphatic carbocycles. The number of benzene rings is 1. The molecule has 0 saturated carbocycles. The second kappa shape index (κ2) is 5.84. The van der Waals surface area contributed by atoms with Crippen LogP contribution in [0.4, 0.5) is 5.69 Å². The summed E-state index contributed by atoms with van der Waals surface area (Å²) in [5.41, 5.74) is 6.46. The SMILES string of the molecule is NCCCCNc1cccc(Cl)c1. The van der Waals surface area contributed by atoms with Crippen molar-refractivity contribution in [2.24, 2.45) is 5.73 Å². The van der Waals surface area contributed by atoms with Crippen LogP contribution in [0.1, 0.15) is 12.8 Å². The molecule has 0 atom stereocenters. The number of hydrogen-bond acceptors (Lipinski definition) is 2. The van der Waals surface area contributed by atoms with Gasteiger partial charge in [0, 0.05) is 17.3 Å². The lowest BCUT2D eigenvalue weighted by molar-refractivity contribution is 0.774. The summed E-state index contributed by atoms with van der Waals surface area (Å²) >= 11 is 5.82. The van der Waals surface area contributed by atoms with Crippen LogP contribution in [0.15, 0.2) is 24.3 Å². The Morgan fingerprint density at radius 2 is 2.15 bits per heavy atom. The first-order valence-electron chi connectivity index (χ1n) is 4.52. The summed E-state index contributed by atoms with van der Waals surface area (Å²) in [6, 6.07) is 7.73. The second-order valence-corrected chi connectivity index (χ2v) is 3.37. The Hall–Kier alpha value is -0.730. The van der Waals surface area contributed by atoms with Crippen molar-refractivity contribution in [3.8, 4) is 0 Å². The molecule has 0 aromatic heterocycles. The Kier molecular flexibility index (Phi) is 4.65. The highest BCUT2D eigenvalue weighted by Crippen LogP contribution is 2.14. The molecule has 0 amide bonds. The zero-order valence-electron chi connectivity index (χ0n) is 7.59. The number of nitrogens with two attached hydrogens (primary N) is 1. The number of hydrogen-bond donors (Lipinski definition) is 2. The lowest BCUT2D eigenvalue weighted by atomic mass is 10.3. The van der Waals surface area contributed by atoms with Crippen molar-refractivity contribution < 1.29 is 0 Å². The van der Waals surface area contributed by atoms with Gasteiger partial charge in [-0.2, -0.15) is 0 Å². The molecule has 0 aliphatic heterocycles. The first-order chi connectivity index (χ1) is 6.33. The Morgan fingerprint density at radius 1 is 1.31 bits per heavy atom. The van der Waals surface area contributed by atoms with Crippen molar-refractivity contribution in [3.63, 3.8) is 0 Å². The van der Waals surface area contributed by atoms with Crippen molar-refractivity contribution in [1.82, 2.24) is 0 Å². The zero-order valence-corrected chi connectivity index (χ0v) is 8.35. The predicted octanol–water partition coefficient (Wildman–Crippen LogP) is 2.49. The van der Waals surface area contributed by atoms with Gasteiger partial charge >= 0.3 is 0 Å². The summed E-state index contributed by atoms with van der Waals surface area (Å²) in [7, 11) is 0. The van der Waals surface area contributed by atoms with E-state index in [0.717, 1.165) is 36.6 Å². The van der Waals surface area contributed by atoms with Crippen molar-refractivity contribution in [1.29, 1.82) is 0 Å². The van der Waals surface area contributed by atoms with Crippen LogP contribution in [0.2, 0.25) is 5.02 Å². The molecular formula is C10H15ClN2. The van der Waals surface area contributed by atoms with E-state index in [1.165, 1.54) is 0 Å². The summed E-state index contributed by atoms with van der Waals surface area (Å²) in [5.74, 6) is 0. The van der Waals surface area contributed by atoms with Gasteiger partial charge in [0.15, 0.2) is 0 Å². The van der Waals surface area contributed by atoms with E-state index < -0.39 is 0 Å². The second-order valence-electron chi connectivity index (χ2n) is 2.93. The number of unbranched alkanes of at least 4 members (excludes halogenated alkanes) is 1. The van der Waals surface area contributed by atoms with E-state index in [4.69, 9.17) is 17.3 Å². The van der Waals surface area contributed by atoms with Gasteiger partial charge in [0.2, 0.25) is 0 Å². The van der Waals surface area contributed by atoms with Crippen LogP contribution < -0.4 is 11.1 Å². The molecule has 0 fully saturated rings. The highest BCUT2D eigenvalue weighted by Gasteiger charge is 1.91. The summed E-state index contributed by atoms with van der Waals surface area (Å²) in [5, 5.41) is 4.05. The first-order valence-corrected chi connectivity index (χ1v) is 4.90. The van der Waals surface area contributed by atoms with E-state index in [9.17, 15) is 0 Å². The van der Waals surface area contributed by atoms with E-state index in [1.807, 2.05) is 24.3 Å². The molecule has 13 heavy (non-hydrogen) atoms. The number of nitrogens with one attached hydrogen (secondary N) is 1. The lowest BCUT2D eigenvalue weighted by Gasteiger charge is -2.05. The third-order valence-electron chi connectivity index (χ3n) is 1.78. The molecule has 1 rings (SSSR count). The van der Waals surface area contributed by atoms with E-state index in [0.29, 0.717) is 0 Å².